The lowest BCUT2D eigenvalue weighted by Gasteiger charge is -1.99. The number of aromatic nitrogens is 3. The van der Waals surface area contributed by atoms with Crippen LogP contribution in [0.1, 0.15) is 17.1 Å². The Balaban J connectivity index is 2.07. The van der Waals surface area contributed by atoms with E-state index in [0.29, 0.717) is 21.3 Å². The van der Waals surface area contributed by atoms with Gasteiger partial charge in [0.15, 0.2) is 0 Å². The van der Waals surface area contributed by atoms with E-state index in [2.05, 4.69) is 9.97 Å². The molecule has 0 aliphatic carbocycles. The van der Waals surface area contributed by atoms with Crippen molar-refractivity contribution in [2.75, 3.05) is 0 Å². The quantitative estimate of drug-likeness (QED) is 0.790. The Kier molecular flexibility index (Phi) is 3.96. The standard InChI is InChI=1S/C15H12ClN3O2S/c1-19-7-11(17-8-19)4-9(5-14(20)21)15-18-12-6-10(16)2-3-13(12)22-15/h2-4,6-8H,5H2,1H3,(H,20,21)/b9-4+. The molecular formula is C15H12ClN3O2S. The molecule has 2 heterocycles. The lowest BCUT2D eigenvalue weighted by Crippen LogP contribution is -1.97. The molecule has 7 heteroatoms. The first-order valence-corrected chi connectivity index (χ1v) is 7.67. The zero-order chi connectivity index (χ0) is 15.7. The molecule has 0 atom stereocenters. The van der Waals surface area contributed by atoms with E-state index < -0.39 is 5.97 Å². The molecule has 0 aliphatic rings. The number of imidazole rings is 1. The highest BCUT2D eigenvalue weighted by atomic mass is 35.5. The van der Waals surface area contributed by atoms with Crippen LogP contribution in [-0.2, 0) is 11.8 Å². The largest absolute Gasteiger partial charge is 0.481 e. The second-order valence-corrected chi connectivity index (χ2v) is 6.30. The van der Waals surface area contributed by atoms with Gasteiger partial charge in [-0.15, -0.1) is 11.3 Å². The van der Waals surface area contributed by atoms with E-state index in [0.717, 1.165) is 10.2 Å². The smallest absolute Gasteiger partial charge is 0.307 e. The number of nitrogens with zero attached hydrogens (tertiary/aromatic N) is 3. The maximum absolute atomic E-state index is 11.1. The summed E-state index contributed by atoms with van der Waals surface area (Å²) in [6.07, 6.45) is 5.14. The van der Waals surface area contributed by atoms with Gasteiger partial charge in [-0.05, 0) is 24.3 Å². The number of benzene rings is 1. The van der Waals surface area contributed by atoms with Crippen molar-refractivity contribution >= 4 is 50.8 Å². The summed E-state index contributed by atoms with van der Waals surface area (Å²) < 4.78 is 2.78. The Morgan fingerprint density at radius 3 is 3.00 bits per heavy atom. The van der Waals surface area contributed by atoms with Gasteiger partial charge in [0.05, 0.1) is 28.7 Å². The molecule has 0 saturated carbocycles. The van der Waals surface area contributed by atoms with Crippen molar-refractivity contribution in [3.8, 4) is 0 Å². The fourth-order valence-corrected chi connectivity index (χ4v) is 3.20. The van der Waals surface area contributed by atoms with Gasteiger partial charge in [-0.25, -0.2) is 9.97 Å². The SMILES string of the molecule is Cn1cnc(/C=C(\CC(=O)O)c2nc3cc(Cl)ccc3s2)c1. The van der Waals surface area contributed by atoms with Crippen LogP contribution in [0.3, 0.4) is 0 Å². The lowest BCUT2D eigenvalue weighted by molar-refractivity contribution is -0.135. The van der Waals surface area contributed by atoms with E-state index in [9.17, 15) is 4.79 Å². The maximum Gasteiger partial charge on any atom is 0.307 e. The second-order valence-electron chi connectivity index (χ2n) is 4.84. The van der Waals surface area contributed by atoms with Gasteiger partial charge in [0.25, 0.3) is 0 Å². The molecule has 1 aromatic carbocycles. The molecule has 3 aromatic rings. The summed E-state index contributed by atoms with van der Waals surface area (Å²) >= 11 is 7.41. The molecule has 0 spiro atoms. The predicted octanol–water partition coefficient (Wildman–Crippen LogP) is 3.70. The van der Waals surface area contributed by atoms with Crippen LogP contribution in [0.15, 0.2) is 30.7 Å². The highest BCUT2D eigenvalue weighted by molar-refractivity contribution is 7.19. The van der Waals surface area contributed by atoms with E-state index in [1.165, 1.54) is 11.3 Å². The zero-order valence-corrected chi connectivity index (χ0v) is 13.2. The van der Waals surface area contributed by atoms with Crippen molar-refractivity contribution < 1.29 is 9.90 Å². The Bertz CT molecular complexity index is 882. The van der Waals surface area contributed by atoms with Gasteiger partial charge in [0, 0.05) is 23.8 Å². The number of halogens is 1. The Morgan fingerprint density at radius 2 is 2.32 bits per heavy atom. The molecule has 0 amide bonds. The maximum atomic E-state index is 11.1. The molecular weight excluding hydrogens is 322 g/mol. The summed E-state index contributed by atoms with van der Waals surface area (Å²) in [5.74, 6) is -0.903. The van der Waals surface area contributed by atoms with E-state index in [-0.39, 0.29) is 6.42 Å². The molecule has 3 rings (SSSR count). The van der Waals surface area contributed by atoms with Crippen molar-refractivity contribution in [2.45, 2.75) is 6.42 Å². The molecule has 2 aromatic heterocycles. The fourth-order valence-electron chi connectivity index (χ4n) is 2.08. The van der Waals surface area contributed by atoms with Gasteiger partial charge >= 0.3 is 5.97 Å². The van der Waals surface area contributed by atoms with Crippen LogP contribution in [0.4, 0.5) is 0 Å². The van der Waals surface area contributed by atoms with Gasteiger partial charge in [0.2, 0.25) is 0 Å². The molecule has 0 aliphatic heterocycles. The molecule has 0 fully saturated rings. The molecule has 0 unspecified atom stereocenters. The number of hydrogen-bond acceptors (Lipinski definition) is 4. The number of aliphatic carboxylic acids is 1. The third-order valence-electron chi connectivity index (χ3n) is 3.01. The lowest BCUT2D eigenvalue weighted by atomic mass is 10.1. The normalized spacial score (nSPS) is 12.0. The summed E-state index contributed by atoms with van der Waals surface area (Å²) in [6.45, 7) is 0. The second kappa shape index (κ2) is 5.90. The van der Waals surface area contributed by atoms with E-state index in [4.69, 9.17) is 16.7 Å². The van der Waals surface area contributed by atoms with E-state index >= 15 is 0 Å². The molecule has 112 valence electrons. The summed E-state index contributed by atoms with van der Waals surface area (Å²) in [5.41, 5.74) is 2.10. The van der Waals surface area contributed by atoms with E-state index in [1.54, 1.807) is 24.5 Å². The Hall–Kier alpha value is -2.18. The van der Waals surface area contributed by atoms with Crippen molar-refractivity contribution in [1.82, 2.24) is 14.5 Å². The summed E-state index contributed by atoms with van der Waals surface area (Å²) in [5, 5.41) is 10.4. The van der Waals surface area contributed by atoms with Crippen LogP contribution in [0, 0.1) is 0 Å². The van der Waals surface area contributed by atoms with Crippen LogP contribution < -0.4 is 0 Å². The molecule has 5 nitrogen and oxygen atoms in total. The van der Waals surface area contributed by atoms with Crippen molar-refractivity contribution in [3.05, 3.63) is 46.4 Å². The average Bonchev–Trinajstić information content (AvgIpc) is 3.03. The van der Waals surface area contributed by atoms with Gasteiger partial charge < -0.3 is 9.67 Å². The third kappa shape index (κ3) is 3.18. The number of carbonyl (C=O) groups is 1. The predicted molar refractivity (Wildman–Crippen MR) is 88.0 cm³/mol. The van der Waals surface area contributed by atoms with Crippen molar-refractivity contribution in [3.63, 3.8) is 0 Å². The summed E-state index contributed by atoms with van der Waals surface area (Å²) in [6, 6.07) is 5.46. The highest BCUT2D eigenvalue weighted by Gasteiger charge is 2.13. The first kappa shape index (κ1) is 14.7. The molecule has 1 N–H and O–H groups in total. The van der Waals surface area contributed by atoms with Crippen LogP contribution in [0.2, 0.25) is 5.02 Å². The van der Waals surface area contributed by atoms with Crippen molar-refractivity contribution in [2.24, 2.45) is 7.05 Å². The monoisotopic (exact) mass is 333 g/mol. The minimum absolute atomic E-state index is 0.107. The Morgan fingerprint density at radius 1 is 1.50 bits per heavy atom. The first-order valence-electron chi connectivity index (χ1n) is 6.48. The minimum Gasteiger partial charge on any atom is -0.481 e. The van der Waals surface area contributed by atoms with Gasteiger partial charge in [-0.2, -0.15) is 0 Å². The number of carboxylic acids is 1. The van der Waals surface area contributed by atoms with E-state index in [1.807, 2.05) is 23.9 Å². The molecule has 0 saturated heterocycles. The molecule has 0 bridgehead atoms. The molecule has 0 radical (unpaired) electrons. The zero-order valence-electron chi connectivity index (χ0n) is 11.7. The number of hydrogen-bond donors (Lipinski definition) is 1. The van der Waals surface area contributed by atoms with Crippen LogP contribution in [-0.4, -0.2) is 25.6 Å². The topological polar surface area (TPSA) is 68.0 Å². The van der Waals surface area contributed by atoms with Gasteiger partial charge in [0.1, 0.15) is 5.01 Å². The number of aryl methyl sites for hydroxylation is 1. The van der Waals surface area contributed by atoms with Gasteiger partial charge in [-0.3, -0.25) is 4.79 Å². The number of thiazole rings is 1. The van der Waals surface area contributed by atoms with Gasteiger partial charge in [-0.1, -0.05) is 11.6 Å². The van der Waals surface area contributed by atoms with Crippen molar-refractivity contribution in [1.29, 1.82) is 0 Å². The number of rotatable bonds is 4. The first-order chi connectivity index (χ1) is 10.5. The average molecular weight is 334 g/mol. The van der Waals surface area contributed by atoms with Crippen LogP contribution in [0.5, 0.6) is 0 Å². The number of fused-ring (bicyclic) bond motifs is 1. The summed E-state index contributed by atoms with van der Waals surface area (Å²) in [7, 11) is 1.86. The minimum atomic E-state index is -0.903. The Labute approximate surface area is 135 Å². The van der Waals surface area contributed by atoms with Crippen LogP contribution in [0.25, 0.3) is 21.9 Å². The number of carboxylic acid groups (broad SMARTS) is 1. The van der Waals surface area contributed by atoms with Crippen LogP contribution >= 0.6 is 22.9 Å². The summed E-state index contributed by atoms with van der Waals surface area (Å²) in [4.78, 5) is 19.8. The highest BCUT2D eigenvalue weighted by Crippen LogP contribution is 2.31. The molecule has 22 heavy (non-hydrogen) atoms. The third-order valence-corrected chi connectivity index (χ3v) is 4.36. The fraction of sp³-hybridized carbons (Fsp3) is 0.133.